The maximum atomic E-state index is 11.2. The van der Waals surface area contributed by atoms with E-state index in [4.69, 9.17) is 14.2 Å². The monoisotopic (exact) mass is 300 g/mol. The highest BCUT2D eigenvalue weighted by Crippen LogP contribution is 2.28. The Morgan fingerprint density at radius 1 is 1.05 bits per heavy atom. The molecule has 21 heavy (non-hydrogen) atoms. The van der Waals surface area contributed by atoms with Crippen LogP contribution in [0.2, 0.25) is 0 Å². The average molecular weight is 300 g/mol. The van der Waals surface area contributed by atoms with Gasteiger partial charge in [-0.05, 0) is 20.3 Å². The summed E-state index contributed by atoms with van der Waals surface area (Å²) >= 11 is 0. The Kier molecular flexibility index (Phi) is 9.13. The SMILES string of the molecule is CCCCCCCCCC(C)(OCC)C1OCC(=O)CO1. The standard InChI is InChI=1S/C17H32O4/c1-4-6-7-8-9-10-11-12-17(3,21-5-2)16-19-13-15(18)14-20-16/h16H,4-14H2,1-3H3. The first-order valence-corrected chi connectivity index (χ1v) is 8.51. The summed E-state index contributed by atoms with van der Waals surface area (Å²) in [6.07, 6.45) is 9.40. The molecule has 0 bridgehead atoms. The molecule has 1 atom stereocenters. The van der Waals surface area contributed by atoms with Crippen LogP contribution in [-0.2, 0) is 19.0 Å². The molecule has 1 fully saturated rings. The molecule has 0 amide bonds. The molecule has 1 heterocycles. The number of unbranched alkanes of at least 4 members (excludes halogenated alkanes) is 6. The zero-order valence-electron chi connectivity index (χ0n) is 14.0. The molecule has 1 aliphatic heterocycles. The highest BCUT2D eigenvalue weighted by Gasteiger charge is 2.39. The third-order valence-corrected chi connectivity index (χ3v) is 4.04. The van der Waals surface area contributed by atoms with Gasteiger partial charge in [0, 0.05) is 6.61 Å². The summed E-state index contributed by atoms with van der Waals surface area (Å²) in [6.45, 7) is 7.17. The predicted octanol–water partition coefficient (Wildman–Crippen LogP) is 3.86. The molecule has 1 rings (SSSR count). The van der Waals surface area contributed by atoms with Gasteiger partial charge in [-0.15, -0.1) is 0 Å². The van der Waals surface area contributed by atoms with Gasteiger partial charge in [-0.1, -0.05) is 51.9 Å². The van der Waals surface area contributed by atoms with Crippen LogP contribution in [0.15, 0.2) is 0 Å². The summed E-state index contributed by atoms with van der Waals surface area (Å²) in [5.41, 5.74) is -0.446. The van der Waals surface area contributed by atoms with Crippen LogP contribution >= 0.6 is 0 Å². The number of carbonyl (C=O) groups excluding carboxylic acids is 1. The number of ketones is 1. The Labute approximate surface area is 129 Å². The lowest BCUT2D eigenvalue weighted by atomic mass is 9.96. The Balaban J connectivity index is 2.29. The normalized spacial score (nSPS) is 19.7. The molecule has 0 radical (unpaired) electrons. The summed E-state index contributed by atoms with van der Waals surface area (Å²) in [5.74, 6) is 0.000947. The van der Waals surface area contributed by atoms with Gasteiger partial charge in [-0.2, -0.15) is 0 Å². The molecule has 0 aromatic carbocycles. The van der Waals surface area contributed by atoms with Gasteiger partial charge < -0.3 is 14.2 Å². The van der Waals surface area contributed by atoms with E-state index in [2.05, 4.69) is 6.92 Å². The van der Waals surface area contributed by atoms with Crippen LogP contribution in [0.25, 0.3) is 0 Å². The fraction of sp³-hybridized carbons (Fsp3) is 0.941. The minimum atomic E-state index is -0.446. The molecular weight excluding hydrogens is 268 g/mol. The van der Waals surface area contributed by atoms with E-state index in [1.807, 2.05) is 13.8 Å². The second kappa shape index (κ2) is 10.3. The fourth-order valence-electron chi connectivity index (χ4n) is 2.80. The molecule has 0 saturated carbocycles. The van der Waals surface area contributed by atoms with E-state index >= 15 is 0 Å². The Morgan fingerprint density at radius 2 is 1.62 bits per heavy atom. The summed E-state index contributed by atoms with van der Waals surface area (Å²) in [5, 5.41) is 0. The van der Waals surface area contributed by atoms with Gasteiger partial charge in [-0.3, -0.25) is 4.79 Å². The summed E-state index contributed by atoms with van der Waals surface area (Å²) < 4.78 is 16.9. The number of hydrogen-bond acceptors (Lipinski definition) is 4. The quantitative estimate of drug-likeness (QED) is 0.543. The van der Waals surface area contributed by atoms with Crippen molar-refractivity contribution in [2.75, 3.05) is 19.8 Å². The molecule has 0 spiro atoms. The summed E-state index contributed by atoms with van der Waals surface area (Å²) in [6, 6.07) is 0. The average Bonchev–Trinajstić information content (AvgIpc) is 2.47. The van der Waals surface area contributed by atoms with Gasteiger partial charge >= 0.3 is 0 Å². The van der Waals surface area contributed by atoms with Crippen molar-refractivity contribution in [2.45, 2.75) is 84.0 Å². The van der Waals surface area contributed by atoms with Crippen LogP contribution in [0.5, 0.6) is 0 Å². The minimum Gasteiger partial charge on any atom is -0.370 e. The van der Waals surface area contributed by atoms with Crippen molar-refractivity contribution in [1.82, 2.24) is 0 Å². The number of rotatable bonds is 11. The zero-order valence-corrected chi connectivity index (χ0v) is 14.0. The first kappa shape index (κ1) is 18.6. The maximum Gasteiger partial charge on any atom is 0.187 e. The van der Waals surface area contributed by atoms with Gasteiger partial charge in [0.05, 0.1) is 0 Å². The lowest BCUT2D eigenvalue weighted by molar-refractivity contribution is -0.261. The molecule has 0 N–H and O–H groups in total. The van der Waals surface area contributed by atoms with Gasteiger partial charge in [0.2, 0.25) is 0 Å². The number of ether oxygens (including phenoxy) is 3. The molecule has 0 aromatic heterocycles. The van der Waals surface area contributed by atoms with Crippen molar-refractivity contribution in [3.63, 3.8) is 0 Å². The van der Waals surface area contributed by atoms with Gasteiger partial charge in [0.25, 0.3) is 0 Å². The first-order chi connectivity index (χ1) is 10.1. The van der Waals surface area contributed by atoms with Crippen molar-refractivity contribution in [2.24, 2.45) is 0 Å². The molecule has 1 aliphatic rings. The first-order valence-electron chi connectivity index (χ1n) is 8.51. The van der Waals surface area contributed by atoms with Crippen molar-refractivity contribution < 1.29 is 19.0 Å². The largest absolute Gasteiger partial charge is 0.370 e. The van der Waals surface area contributed by atoms with E-state index in [1.165, 1.54) is 38.5 Å². The third-order valence-electron chi connectivity index (χ3n) is 4.04. The van der Waals surface area contributed by atoms with E-state index in [9.17, 15) is 4.79 Å². The Morgan fingerprint density at radius 3 is 2.19 bits per heavy atom. The zero-order chi connectivity index (χ0) is 15.6. The molecule has 1 saturated heterocycles. The van der Waals surface area contributed by atoms with Gasteiger partial charge in [0.1, 0.15) is 18.8 Å². The number of carbonyl (C=O) groups is 1. The molecule has 4 heteroatoms. The van der Waals surface area contributed by atoms with Crippen LogP contribution in [0.1, 0.15) is 72.1 Å². The van der Waals surface area contributed by atoms with E-state index in [0.29, 0.717) is 6.61 Å². The van der Waals surface area contributed by atoms with Crippen LogP contribution < -0.4 is 0 Å². The topological polar surface area (TPSA) is 44.8 Å². The van der Waals surface area contributed by atoms with Crippen LogP contribution in [0, 0.1) is 0 Å². The highest BCUT2D eigenvalue weighted by atomic mass is 16.7. The molecule has 0 aliphatic carbocycles. The number of Topliss-reactive ketones (excluding diaryl/α,β-unsaturated/α-hetero) is 1. The lowest BCUT2D eigenvalue weighted by Crippen LogP contribution is -2.49. The van der Waals surface area contributed by atoms with Crippen molar-refractivity contribution in [1.29, 1.82) is 0 Å². The Bertz CT molecular complexity index is 283. The smallest absolute Gasteiger partial charge is 0.187 e. The van der Waals surface area contributed by atoms with Gasteiger partial charge in [0.15, 0.2) is 12.1 Å². The second-order valence-corrected chi connectivity index (χ2v) is 6.11. The molecule has 1 unspecified atom stereocenters. The molecule has 0 aromatic rings. The second-order valence-electron chi connectivity index (χ2n) is 6.11. The third kappa shape index (κ3) is 6.90. The Hall–Kier alpha value is -0.450. The highest BCUT2D eigenvalue weighted by molar-refractivity contribution is 5.81. The number of hydrogen-bond donors (Lipinski definition) is 0. The lowest BCUT2D eigenvalue weighted by Gasteiger charge is -2.38. The minimum absolute atomic E-state index is 0.000947. The predicted molar refractivity (Wildman–Crippen MR) is 83.3 cm³/mol. The van der Waals surface area contributed by atoms with Crippen LogP contribution in [0.3, 0.4) is 0 Å². The summed E-state index contributed by atoms with van der Waals surface area (Å²) in [4.78, 5) is 11.2. The van der Waals surface area contributed by atoms with Crippen LogP contribution in [0.4, 0.5) is 0 Å². The van der Waals surface area contributed by atoms with E-state index in [1.54, 1.807) is 0 Å². The molecule has 124 valence electrons. The summed E-state index contributed by atoms with van der Waals surface area (Å²) in [7, 11) is 0. The molecular formula is C17H32O4. The molecule has 4 nitrogen and oxygen atoms in total. The van der Waals surface area contributed by atoms with E-state index in [-0.39, 0.29) is 19.0 Å². The maximum absolute atomic E-state index is 11.2. The van der Waals surface area contributed by atoms with Crippen molar-refractivity contribution >= 4 is 5.78 Å². The van der Waals surface area contributed by atoms with Crippen molar-refractivity contribution in [3.05, 3.63) is 0 Å². The van der Waals surface area contributed by atoms with E-state index in [0.717, 1.165) is 12.8 Å². The van der Waals surface area contributed by atoms with Gasteiger partial charge in [-0.25, -0.2) is 0 Å². The van der Waals surface area contributed by atoms with Crippen LogP contribution in [-0.4, -0.2) is 37.5 Å². The van der Waals surface area contributed by atoms with E-state index < -0.39 is 11.9 Å². The fourth-order valence-corrected chi connectivity index (χ4v) is 2.80. The van der Waals surface area contributed by atoms with Crippen molar-refractivity contribution in [3.8, 4) is 0 Å².